The van der Waals surface area contributed by atoms with Crippen molar-refractivity contribution in [3.05, 3.63) is 34.9 Å². The van der Waals surface area contributed by atoms with Crippen LogP contribution in [0.15, 0.2) is 24.3 Å². The van der Waals surface area contributed by atoms with Gasteiger partial charge in [0.1, 0.15) is 0 Å². The Kier molecular flexibility index (Phi) is 6.44. The number of nitrogens with zero attached hydrogens (tertiary/aromatic N) is 1. The second-order valence-corrected chi connectivity index (χ2v) is 8.39. The molecular formula is C16H23ClN2O3S. The molecule has 1 aromatic rings. The number of carbonyl (C=O) groups is 1. The third-order valence-corrected chi connectivity index (χ3v) is 6.24. The van der Waals surface area contributed by atoms with E-state index in [2.05, 4.69) is 5.32 Å². The minimum Gasteiger partial charge on any atom is -0.352 e. The minimum atomic E-state index is -3.24. The molecule has 1 aliphatic rings. The molecule has 0 spiro atoms. The summed E-state index contributed by atoms with van der Waals surface area (Å²) in [5, 5.41) is 3.51. The smallest absolute Gasteiger partial charge is 0.224 e. The van der Waals surface area contributed by atoms with Crippen molar-refractivity contribution in [2.75, 3.05) is 18.8 Å². The molecule has 1 atom stereocenters. The molecule has 0 bridgehead atoms. The van der Waals surface area contributed by atoms with E-state index in [1.54, 1.807) is 12.1 Å². The zero-order valence-corrected chi connectivity index (χ0v) is 14.9. The van der Waals surface area contributed by atoms with E-state index in [-0.39, 0.29) is 24.1 Å². The first-order valence-electron chi connectivity index (χ1n) is 7.92. The van der Waals surface area contributed by atoms with Crippen LogP contribution in [0.1, 0.15) is 31.7 Å². The Hall–Kier alpha value is -1.11. The summed E-state index contributed by atoms with van der Waals surface area (Å²) in [5.74, 6) is -0.236. The highest BCUT2D eigenvalue weighted by molar-refractivity contribution is 7.89. The highest BCUT2D eigenvalue weighted by Crippen LogP contribution is 2.20. The van der Waals surface area contributed by atoms with Crippen LogP contribution in [-0.4, -0.2) is 37.5 Å². The van der Waals surface area contributed by atoms with Crippen LogP contribution >= 0.6 is 11.6 Å². The van der Waals surface area contributed by atoms with Crippen LogP contribution in [0.3, 0.4) is 0 Å². The molecule has 0 radical (unpaired) electrons. The highest BCUT2D eigenvalue weighted by Gasteiger charge is 2.31. The van der Waals surface area contributed by atoms with E-state index in [4.69, 9.17) is 11.6 Å². The predicted octanol–water partition coefficient (Wildman–Crippen LogP) is 2.41. The summed E-state index contributed by atoms with van der Waals surface area (Å²) in [7, 11) is -3.24. The molecule has 1 aliphatic heterocycles. The van der Waals surface area contributed by atoms with Gasteiger partial charge in [0.2, 0.25) is 15.9 Å². The maximum Gasteiger partial charge on any atom is 0.224 e. The summed E-state index contributed by atoms with van der Waals surface area (Å²) in [5.41, 5.74) is 0.928. The number of benzene rings is 1. The lowest BCUT2D eigenvalue weighted by Crippen LogP contribution is -2.45. The number of carbonyl (C=O) groups excluding carboxylic acids is 1. The van der Waals surface area contributed by atoms with Gasteiger partial charge in [-0.2, -0.15) is 0 Å². The van der Waals surface area contributed by atoms with Gasteiger partial charge < -0.3 is 5.32 Å². The summed E-state index contributed by atoms with van der Waals surface area (Å²) in [4.78, 5) is 12.3. The summed E-state index contributed by atoms with van der Waals surface area (Å²) in [6, 6.07) is 7.32. The Morgan fingerprint density at radius 2 is 2.22 bits per heavy atom. The molecule has 5 nitrogen and oxygen atoms in total. The van der Waals surface area contributed by atoms with Gasteiger partial charge in [0.15, 0.2) is 0 Å². The second-order valence-electron chi connectivity index (χ2n) is 5.86. The van der Waals surface area contributed by atoms with Gasteiger partial charge >= 0.3 is 0 Å². The van der Waals surface area contributed by atoms with Crippen LogP contribution < -0.4 is 5.32 Å². The number of piperidine rings is 1. The number of sulfonamides is 1. The standard InChI is InChI=1S/C16H23ClN2O3S/c1-2-9-23(21,22)19-8-4-6-14(12-19)16(20)18-11-13-5-3-7-15(17)10-13/h3,5,7,10,14H,2,4,6,8-9,11-12H2,1H3,(H,18,20). The number of nitrogens with one attached hydrogen (secondary N) is 1. The Morgan fingerprint density at radius 1 is 1.43 bits per heavy atom. The molecule has 1 N–H and O–H groups in total. The minimum absolute atomic E-state index is 0.0960. The molecule has 128 valence electrons. The first-order chi connectivity index (χ1) is 10.9. The lowest BCUT2D eigenvalue weighted by molar-refractivity contribution is -0.126. The van der Waals surface area contributed by atoms with E-state index in [0.29, 0.717) is 24.5 Å². The van der Waals surface area contributed by atoms with Crippen molar-refractivity contribution in [2.45, 2.75) is 32.7 Å². The molecule has 0 aromatic heterocycles. The fourth-order valence-electron chi connectivity index (χ4n) is 2.78. The van der Waals surface area contributed by atoms with Gasteiger partial charge in [0.25, 0.3) is 0 Å². The predicted molar refractivity (Wildman–Crippen MR) is 91.7 cm³/mol. The molecule has 7 heteroatoms. The number of rotatable bonds is 6. The number of hydrogen-bond donors (Lipinski definition) is 1. The number of halogens is 1. The third kappa shape index (κ3) is 5.19. The van der Waals surface area contributed by atoms with Gasteiger partial charge in [-0.25, -0.2) is 12.7 Å². The van der Waals surface area contributed by atoms with Crippen LogP contribution in [0, 0.1) is 5.92 Å². The lowest BCUT2D eigenvalue weighted by Gasteiger charge is -2.31. The topological polar surface area (TPSA) is 66.5 Å². The van der Waals surface area contributed by atoms with Crippen LogP contribution in [0.5, 0.6) is 0 Å². The Morgan fingerprint density at radius 3 is 2.91 bits per heavy atom. The molecule has 1 heterocycles. The van der Waals surface area contributed by atoms with Crippen molar-refractivity contribution in [1.29, 1.82) is 0 Å². The average molecular weight is 359 g/mol. The van der Waals surface area contributed by atoms with Crippen molar-refractivity contribution in [2.24, 2.45) is 5.92 Å². The molecule has 1 aromatic carbocycles. The molecule has 23 heavy (non-hydrogen) atoms. The molecular weight excluding hydrogens is 336 g/mol. The Labute approximate surface area is 143 Å². The normalized spacial score (nSPS) is 19.5. The van der Waals surface area contributed by atoms with E-state index in [0.717, 1.165) is 18.4 Å². The summed E-state index contributed by atoms with van der Waals surface area (Å²) in [6.07, 6.45) is 2.03. The molecule has 1 fully saturated rings. The van der Waals surface area contributed by atoms with Crippen molar-refractivity contribution in [1.82, 2.24) is 9.62 Å². The quantitative estimate of drug-likeness (QED) is 0.849. The van der Waals surface area contributed by atoms with Crippen molar-refractivity contribution in [3.8, 4) is 0 Å². The van der Waals surface area contributed by atoms with Gasteiger partial charge in [0.05, 0.1) is 11.7 Å². The summed E-state index contributed by atoms with van der Waals surface area (Å²) < 4.78 is 25.8. The Balaban J connectivity index is 1.92. The monoisotopic (exact) mass is 358 g/mol. The maximum atomic E-state index is 12.3. The second kappa shape index (κ2) is 8.13. The van der Waals surface area contributed by atoms with Gasteiger partial charge in [-0.15, -0.1) is 0 Å². The first-order valence-corrected chi connectivity index (χ1v) is 9.91. The van der Waals surface area contributed by atoms with E-state index >= 15 is 0 Å². The largest absolute Gasteiger partial charge is 0.352 e. The van der Waals surface area contributed by atoms with Gasteiger partial charge in [0, 0.05) is 24.7 Å². The van der Waals surface area contributed by atoms with E-state index in [1.165, 1.54) is 4.31 Å². The van der Waals surface area contributed by atoms with E-state index < -0.39 is 10.0 Å². The fraction of sp³-hybridized carbons (Fsp3) is 0.562. The average Bonchev–Trinajstić information content (AvgIpc) is 2.53. The molecule has 0 aliphatic carbocycles. The van der Waals surface area contributed by atoms with Crippen molar-refractivity contribution >= 4 is 27.5 Å². The van der Waals surface area contributed by atoms with E-state index in [9.17, 15) is 13.2 Å². The molecule has 1 saturated heterocycles. The zero-order chi connectivity index (χ0) is 16.9. The SMILES string of the molecule is CCCS(=O)(=O)N1CCCC(C(=O)NCc2cccc(Cl)c2)C1. The lowest BCUT2D eigenvalue weighted by atomic mass is 9.99. The van der Waals surface area contributed by atoms with Gasteiger partial charge in [-0.1, -0.05) is 30.7 Å². The Bertz CT molecular complexity index is 648. The van der Waals surface area contributed by atoms with Crippen LogP contribution in [0.25, 0.3) is 0 Å². The third-order valence-electron chi connectivity index (χ3n) is 3.97. The van der Waals surface area contributed by atoms with Gasteiger partial charge in [-0.05, 0) is 37.0 Å². The van der Waals surface area contributed by atoms with E-state index in [1.807, 2.05) is 19.1 Å². The molecule has 1 unspecified atom stereocenters. The first kappa shape index (κ1) is 18.2. The molecule has 0 saturated carbocycles. The van der Waals surface area contributed by atoms with Crippen LogP contribution in [0.2, 0.25) is 5.02 Å². The molecule has 1 amide bonds. The van der Waals surface area contributed by atoms with Crippen molar-refractivity contribution < 1.29 is 13.2 Å². The number of hydrogen-bond acceptors (Lipinski definition) is 3. The zero-order valence-electron chi connectivity index (χ0n) is 13.3. The summed E-state index contributed by atoms with van der Waals surface area (Å²) >= 11 is 5.92. The summed E-state index contributed by atoms with van der Waals surface area (Å²) in [6.45, 7) is 3.04. The highest BCUT2D eigenvalue weighted by atomic mass is 35.5. The van der Waals surface area contributed by atoms with Gasteiger partial charge in [-0.3, -0.25) is 4.79 Å². The van der Waals surface area contributed by atoms with Crippen molar-refractivity contribution in [3.63, 3.8) is 0 Å². The molecule has 2 rings (SSSR count). The fourth-order valence-corrected chi connectivity index (χ4v) is 4.58. The maximum absolute atomic E-state index is 12.3. The number of amides is 1. The van der Waals surface area contributed by atoms with Crippen LogP contribution in [0.4, 0.5) is 0 Å². The van der Waals surface area contributed by atoms with Crippen LogP contribution in [-0.2, 0) is 21.4 Å².